The van der Waals surface area contributed by atoms with Crippen molar-refractivity contribution in [2.75, 3.05) is 6.61 Å². The Labute approximate surface area is 115 Å². The van der Waals surface area contributed by atoms with Crippen molar-refractivity contribution in [2.24, 2.45) is 0 Å². The van der Waals surface area contributed by atoms with Crippen LogP contribution < -0.4 is 0 Å². The van der Waals surface area contributed by atoms with Crippen LogP contribution in [0.4, 0.5) is 0 Å². The van der Waals surface area contributed by atoms with Gasteiger partial charge in [0, 0.05) is 17.1 Å². The van der Waals surface area contributed by atoms with Crippen molar-refractivity contribution in [3.05, 3.63) is 29.3 Å². The highest BCUT2D eigenvalue weighted by Crippen LogP contribution is 2.27. The molecule has 1 saturated heterocycles. The highest BCUT2D eigenvalue weighted by atomic mass is 35.7. The second-order valence-electron chi connectivity index (χ2n) is 4.08. The minimum absolute atomic E-state index is 0.0511. The topological polar surface area (TPSA) is 69.7 Å². The van der Waals surface area contributed by atoms with E-state index in [-0.39, 0.29) is 10.5 Å². The van der Waals surface area contributed by atoms with Gasteiger partial charge < -0.3 is 9.47 Å². The molecule has 0 saturated carbocycles. The summed E-state index contributed by atoms with van der Waals surface area (Å²) >= 11 is 0. The Kier molecular flexibility index (Phi) is 4.13. The molecule has 1 aromatic carbocycles. The summed E-state index contributed by atoms with van der Waals surface area (Å²) < 4.78 is 33.3. The fourth-order valence-electron chi connectivity index (χ4n) is 1.80. The maximum Gasteiger partial charge on any atom is 0.341 e. The summed E-state index contributed by atoms with van der Waals surface area (Å²) in [6.07, 6.45) is 0.466. The third-order valence-corrected chi connectivity index (χ3v) is 4.27. The average Bonchev–Trinajstić information content (AvgIpc) is 2.31. The van der Waals surface area contributed by atoms with E-state index >= 15 is 0 Å². The monoisotopic (exact) mass is 304 g/mol. The quantitative estimate of drug-likeness (QED) is 0.629. The first-order chi connectivity index (χ1) is 8.93. The molecular formula is C12H13ClO5S. The van der Waals surface area contributed by atoms with Crippen molar-refractivity contribution in [2.45, 2.75) is 31.0 Å². The van der Waals surface area contributed by atoms with E-state index in [1.807, 2.05) is 0 Å². The number of hydrogen-bond acceptors (Lipinski definition) is 5. The number of carbonyl (C=O) groups is 1. The van der Waals surface area contributed by atoms with Gasteiger partial charge in [0.25, 0.3) is 9.05 Å². The molecule has 0 aromatic heterocycles. The fourth-order valence-corrected chi connectivity index (χ4v) is 3.29. The molecule has 19 heavy (non-hydrogen) atoms. The zero-order valence-corrected chi connectivity index (χ0v) is 11.8. The third-order valence-electron chi connectivity index (χ3n) is 2.84. The van der Waals surface area contributed by atoms with Crippen LogP contribution in [-0.4, -0.2) is 27.3 Å². The third kappa shape index (κ3) is 3.08. The van der Waals surface area contributed by atoms with Crippen molar-refractivity contribution in [3.8, 4) is 0 Å². The van der Waals surface area contributed by atoms with E-state index in [4.69, 9.17) is 20.2 Å². The smallest absolute Gasteiger partial charge is 0.341 e. The van der Waals surface area contributed by atoms with Crippen LogP contribution in [0.1, 0.15) is 29.3 Å². The number of rotatable bonds is 4. The van der Waals surface area contributed by atoms with Crippen molar-refractivity contribution in [1.29, 1.82) is 0 Å². The Morgan fingerprint density at radius 1 is 1.53 bits per heavy atom. The predicted molar refractivity (Wildman–Crippen MR) is 68.6 cm³/mol. The van der Waals surface area contributed by atoms with E-state index in [9.17, 15) is 13.2 Å². The molecule has 0 bridgehead atoms. The van der Waals surface area contributed by atoms with Gasteiger partial charge in [-0.1, -0.05) is 19.1 Å². The molecular weight excluding hydrogens is 292 g/mol. The number of esters is 1. The summed E-state index contributed by atoms with van der Waals surface area (Å²) in [7, 11) is 1.39. The van der Waals surface area contributed by atoms with Gasteiger partial charge in [0.15, 0.2) is 0 Å². The molecule has 7 heteroatoms. The van der Waals surface area contributed by atoms with Crippen LogP contribution in [0, 0.1) is 0 Å². The molecule has 1 fully saturated rings. The maximum atomic E-state index is 12.0. The van der Waals surface area contributed by atoms with Gasteiger partial charge in [0.2, 0.25) is 6.29 Å². The number of ether oxygens (including phenoxy) is 2. The van der Waals surface area contributed by atoms with Crippen molar-refractivity contribution >= 4 is 25.7 Å². The van der Waals surface area contributed by atoms with Gasteiger partial charge in [0.1, 0.15) is 4.90 Å². The lowest BCUT2D eigenvalue weighted by Crippen LogP contribution is -2.32. The normalized spacial score (nSPS) is 18.7. The summed E-state index contributed by atoms with van der Waals surface area (Å²) in [5.74, 6) is -0.737. The van der Waals surface area contributed by atoms with E-state index in [2.05, 4.69) is 0 Å². The molecule has 1 aliphatic rings. The lowest BCUT2D eigenvalue weighted by molar-refractivity contribution is -0.184. The first-order valence-corrected chi connectivity index (χ1v) is 8.13. The second-order valence-corrected chi connectivity index (χ2v) is 6.58. The molecule has 0 aliphatic carbocycles. The Hall–Kier alpha value is -1.11. The van der Waals surface area contributed by atoms with E-state index < -0.39 is 21.3 Å². The van der Waals surface area contributed by atoms with Crippen LogP contribution in [0.3, 0.4) is 0 Å². The first kappa shape index (κ1) is 14.3. The van der Waals surface area contributed by atoms with Crippen molar-refractivity contribution in [3.63, 3.8) is 0 Å². The molecule has 0 N–H and O–H groups in total. The number of aryl methyl sites for hydroxylation is 1. The zero-order valence-electron chi connectivity index (χ0n) is 10.3. The van der Waals surface area contributed by atoms with Crippen LogP contribution in [0.5, 0.6) is 0 Å². The van der Waals surface area contributed by atoms with E-state index in [0.29, 0.717) is 25.0 Å². The van der Waals surface area contributed by atoms with Gasteiger partial charge in [-0.25, -0.2) is 13.2 Å². The fraction of sp³-hybridized carbons (Fsp3) is 0.417. The molecule has 1 heterocycles. The lowest BCUT2D eigenvalue weighted by Gasteiger charge is -2.26. The van der Waals surface area contributed by atoms with Crippen LogP contribution in [0.25, 0.3) is 0 Å². The maximum absolute atomic E-state index is 12.0. The summed E-state index contributed by atoms with van der Waals surface area (Å²) in [5, 5.41) is 0. The van der Waals surface area contributed by atoms with Crippen LogP contribution in [0.15, 0.2) is 23.1 Å². The SMILES string of the molecule is CCc1cccc(C(=O)OC2CCO2)c1S(=O)(=O)Cl. The van der Waals surface area contributed by atoms with Crippen LogP contribution >= 0.6 is 10.7 Å². The summed E-state index contributed by atoms with van der Waals surface area (Å²) in [4.78, 5) is 11.8. The number of halogens is 1. The van der Waals surface area contributed by atoms with Gasteiger partial charge in [-0.05, 0) is 18.1 Å². The standard InChI is InChI=1S/C12H13ClO5S/c1-2-8-4-3-5-9(11(8)19(13,15)16)12(14)18-10-6-7-17-10/h3-5,10H,2,6-7H2,1H3. The van der Waals surface area contributed by atoms with Gasteiger partial charge in [0.05, 0.1) is 12.2 Å². The lowest BCUT2D eigenvalue weighted by atomic mass is 10.1. The van der Waals surface area contributed by atoms with E-state index in [0.717, 1.165) is 0 Å². The Morgan fingerprint density at radius 3 is 2.68 bits per heavy atom. The van der Waals surface area contributed by atoms with Gasteiger partial charge in [-0.15, -0.1) is 0 Å². The molecule has 1 aromatic rings. The Morgan fingerprint density at radius 2 is 2.21 bits per heavy atom. The predicted octanol–water partition coefficient (Wildman–Crippen LogP) is 2.08. The van der Waals surface area contributed by atoms with Gasteiger partial charge >= 0.3 is 5.97 Å². The zero-order chi connectivity index (χ0) is 14.0. The molecule has 0 radical (unpaired) electrons. The van der Waals surface area contributed by atoms with E-state index in [1.54, 1.807) is 19.1 Å². The number of benzene rings is 1. The van der Waals surface area contributed by atoms with Crippen LogP contribution in [0.2, 0.25) is 0 Å². The molecule has 104 valence electrons. The first-order valence-electron chi connectivity index (χ1n) is 5.82. The largest absolute Gasteiger partial charge is 0.432 e. The van der Waals surface area contributed by atoms with Gasteiger partial charge in [-0.2, -0.15) is 0 Å². The number of carbonyl (C=O) groups excluding carboxylic acids is 1. The average molecular weight is 305 g/mol. The molecule has 0 spiro atoms. The summed E-state index contributed by atoms with van der Waals surface area (Å²) in [6.45, 7) is 2.32. The van der Waals surface area contributed by atoms with E-state index in [1.165, 1.54) is 6.07 Å². The van der Waals surface area contributed by atoms with Crippen molar-refractivity contribution in [1.82, 2.24) is 0 Å². The van der Waals surface area contributed by atoms with Crippen LogP contribution in [-0.2, 0) is 24.9 Å². The minimum atomic E-state index is -4.02. The highest BCUT2D eigenvalue weighted by molar-refractivity contribution is 8.13. The molecule has 1 unspecified atom stereocenters. The molecule has 1 aliphatic heterocycles. The highest BCUT2D eigenvalue weighted by Gasteiger charge is 2.28. The summed E-state index contributed by atoms with van der Waals surface area (Å²) in [5.41, 5.74) is 0.434. The Balaban J connectivity index is 2.41. The minimum Gasteiger partial charge on any atom is -0.432 e. The van der Waals surface area contributed by atoms with Crippen molar-refractivity contribution < 1.29 is 22.7 Å². The number of hydrogen-bond donors (Lipinski definition) is 0. The molecule has 5 nitrogen and oxygen atoms in total. The summed E-state index contributed by atoms with van der Waals surface area (Å²) in [6, 6.07) is 4.60. The molecule has 0 amide bonds. The molecule has 2 rings (SSSR count). The molecule has 1 atom stereocenters. The Bertz CT molecular complexity index is 592. The van der Waals surface area contributed by atoms with Gasteiger partial charge in [-0.3, -0.25) is 0 Å². The second kappa shape index (κ2) is 5.48.